The number of hydrogen-bond donors (Lipinski definition) is 2. The van der Waals surface area contributed by atoms with Gasteiger partial charge in [-0.05, 0) is 49.9 Å². The van der Waals surface area contributed by atoms with Crippen LogP contribution in [0.4, 0.5) is 11.4 Å². The molecule has 1 rings (SSSR count). The summed E-state index contributed by atoms with van der Waals surface area (Å²) in [4.78, 5) is 26.7. The van der Waals surface area contributed by atoms with Crippen molar-refractivity contribution in [2.24, 2.45) is 11.8 Å². The Bertz CT molecular complexity index is 732. The highest BCUT2D eigenvalue weighted by Gasteiger charge is 2.20. The monoisotopic (exact) mass is 584 g/mol. The van der Waals surface area contributed by atoms with Crippen molar-refractivity contribution in [2.75, 3.05) is 10.6 Å². The molecule has 1 radical (unpaired) electrons. The van der Waals surface area contributed by atoms with Gasteiger partial charge in [0.15, 0.2) is 0 Å². The van der Waals surface area contributed by atoms with E-state index in [1.807, 2.05) is 18.2 Å². The minimum atomic E-state index is 0.0519. The van der Waals surface area contributed by atoms with Gasteiger partial charge in [-0.2, -0.15) is 0 Å². The SMILES string of the molecule is CCCCCCCCC(CCCCCC)C(=O)Nc1c[c]cc(NC(=O)C(CCCCCC)CCCCCCCC)c1. The quantitative estimate of drug-likeness (QED) is 0.0964. The lowest BCUT2D eigenvalue weighted by Gasteiger charge is -2.19. The van der Waals surface area contributed by atoms with E-state index in [9.17, 15) is 9.59 Å². The lowest BCUT2D eigenvalue weighted by atomic mass is 9.93. The maximum atomic E-state index is 13.4. The molecule has 0 heterocycles. The van der Waals surface area contributed by atoms with Gasteiger partial charge in [0.25, 0.3) is 0 Å². The summed E-state index contributed by atoms with van der Waals surface area (Å²) in [5.41, 5.74) is 1.46. The van der Waals surface area contributed by atoms with Crippen molar-refractivity contribution in [3.8, 4) is 0 Å². The number of benzene rings is 1. The van der Waals surface area contributed by atoms with Gasteiger partial charge in [0.1, 0.15) is 0 Å². The molecule has 2 amide bonds. The van der Waals surface area contributed by atoms with Crippen molar-refractivity contribution in [2.45, 2.75) is 182 Å². The van der Waals surface area contributed by atoms with E-state index >= 15 is 0 Å². The molecule has 42 heavy (non-hydrogen) atoms. The van der Waals surface area contributed by atoms with Gasteiger partial charge in [0, 0.05) is 23.2 Å². The summed E-state index contributed by atoms with van der Waals surface area (Å²) in [5, 5.41) is 6.34. The van der Waals surface area contributed by atoms with Crippen LogP contribution in [0.2, 0.25) is 0 Å². The molecule has 0 saturated heterocycles. The molecule has 0 aliphatic rings. The average Bonchev–Trinajstić information content (AvgIpc) is 2.98. The number of rotatable bonds is 28. The van der Waals surface area contributed by atoms with Crippen LogP contribution in [-0.4, -0.2) is 11.8 Å². The fourth-order valence-electron chi connectivity index (χ4n) is 5.90. The Morgan fingerprint density at radius 2 is 0.786 bits per heavy atom. The number of amides is 2. The van der Waals surface area contributed by atoms with Crippen molar-refractivity contribution in [1.29, 1.82) is 0 Å². The Hall–Kier alpha value is -1.84. The maximum absolute atomic E-state index is 13.4. The van der Waals surface area contributed by atoms with E-state index in [0.717, 1.165) is 62.7 Å². The smallest absolute Gasteiger partial charge is 0.227 e. The number of anilines is 2. The first-order chi connectivity index (χ1) is 20.5. The highest BCUT2D eigenvalue weighted by molar-refractivity contribution is 5.95. The standard InChI is InChI=1S/C38H67N2O2/c1-5-9-13-17-19-23-28-33(26-21-15-11-7-3)37(41)39-35-30-25-31-36(32-35)40-38(42)34(27-22-16-12-8-4)29-24-20-18-14-10-6-2/h30-34H,5-24,26-29H2,1-4H3,(H,39,41)(H,40,42). The second-order valence-corrected chi connectivity index (χ2v) is 12.7. The first-order valence-corrected chi connectivity index (χ1v) is 18.2. The Morgan fingerprint density at radius 1 is 0.500 bits per heavy atom. The van der Waals surface area contributed by atoms with Crippen LogP contribution in [0.5, 0.6) is 0 Å². The zero-order chi connectivity index (χ0) is 30.7. The van der Waals surface area contributed by atoms with E-state index in [0.29, 0.717) is 0 Å². The summed E-state index contributed by atoms with van der Waals surface area (Å²) in [7, 11) is 0. The first kappa shape index (κ1) is 38.2. The van der Waals surface area contributed by atoms with Crippen LogP contribution in [0.3, 0.4) is 0 Å². The first-order valence-electron chi connectivity index (χ1n) is 18.2. The van der Waals surface area contributed by atoms with Crippen molar-refractivity contribution in [3.05, 3.63) is 24.3 Å². The molecule has 2 unspecified atom stereocenters. The van der Waals surface area contributed by atoms with Gasteiger partial charge >= 0.3 is 0 Å². The van der Waals surface area contributed by atoms with Crippen molar-refractivity contribution in [1.82, 2.24) is 0 Å². The molecule has 0 bridgehead atoms. The van der Waals surface area contributed by atoms with E-state index in [1.165, 1.54) is 103 Å². The summed E-state index contributed by atoms with van der Waals surface area (Å²) < 4.78 is 0. The summed E-state index contributed by atoms with van der Waals surface area (Å²) in [6, 6.07) is 8.71. The topological polar surface area (TPSA) is 58.2 Å². The highest BCUT2D eigenvalue weighted by Crippen LogP contribution is 2.24. The summed E-state index contributed by atoms with van der Waals surface area (Å²) in [5.74, 6) is 0.342. The third-order valence-electron chi connectivity index (χ3n) is 8.69. The average molecular weight is 584 g/mol. The van der Waals surface area contributed by atoms with Gasteiger partial charge in [-0.1, -0.05) is 156 Å². The molecule has 1 aromatic rings. The maximum Gasteiger partial charge on any atom is 0.227 e. The number of carbonyl (C=O) groups excluding carboxylic acids is 2. The zero-order valence-corrected chi connectivity index (χ0v) is 28.2. The minimum absolute atomic E-state index is 0.0519. The molecule has 241 valence electrons. The molecule has 4 nitrogen and oxygen atoms in total. The lowest BCUT2D eigenvalue weighted by Crippen LogP contribution is -2.24. The summed E-state index contributed by atoms with van der Waals surface area (Å²) >= 11 is 0. The molecule has 2 atom stereocenters. The molecule has 0 spiro atoms. The molecule has 0 aliphatic carbocycles. The number of nitrogens with one attached hydrogen (secondary N) is 2. The molecule has 0 fully saturated rings. The van der Waals surface area contributed by atoms with E-state index in [2.05, 4.69) is 44.4 Å². The van der Waals surface area contributed by atoms with Crippen LogP contribution in [0.1, 0.15) is 182 Å². The number of hydrogen-bond acceptors (Lipinski definition) is 2. The van der Waals surface area contributed by atoms with Crippen LogP contribution >= 0.6 is 0 Å². The molecule has 0 aliphatic heterocycles. The van der Waals surface area contributed by atoms with Crippen molar-refractivity contribution >= 4 is 23.2 Å². The number of unbranched alkanes of at least 4 members (excludes halogenated alkanes) is 16. The molecule has 1 aromatic carbocycles. The second-order valence-electron chi connectivity index (χ2n) is 12.7. The van der Waals surface area contributed by atoms with Crippen LogP contribution in [0.25, 0.3) is 0 Å². The predicted octanol–water partition coefficient (Wildman–Crippen LogP) is 12.0. The zero-order valence-electron chi connectivity index (χ0n) is 28.2. The fourth-order valence-corrected chi connectivity index (χ4v) is 5.90. The third-order valence-corrected chi connectivity index (χ3v) is 8.69. The normalized spacial score (nSPS) is 12.7. The largest absolute Gasteiger partial charge is 0.326 e. The number of carbonyl (C=O) groups is 2. The van der Waals surface area contributed by atoms with Gasteiger partial charge in [0.2, 0.25) is 11.8 Å². The van der Waals surface area contributed by atoms with E-state index in [4.69, 9.17) is 0 Å². The Kier molecular flexibility index (Phi) is 24.3. The molecular weight excluding hydrogens is 516 g/mol. The molecule has 0 aromatic heterocycles. The van der Waals surface area contributed by atoms with E-state index in [-0.39, 0.29) is 23.7 Å². The van der Waals surface area contributed by atoms with Crippen LogP contribution in [0, 0.1) is 17.9 Å². The van der Waals surface area contributed by atoms with Crippen molar-refractivity contribution < 1.29 is 9.59 Å². The highest BCUT2D eigenvalue weighted by atomic mass is 16.2. The summed E-state index contributed by atoms with van der Waals surface area (Å²) in [6.45, 7) is 8.95. The van der Waals surface area contributed by atoms with E-state index in [1.54, 1.807) is 0 Å². The van der Waals surface area contributed by atoms with E-state index < -0.39 is 0 Å². The van der Waals surface area contributed by atoms with Crippen molar-refractivity contribution in [3.63, 3.8) is 0 Å². The minimum Gasteiger partial charge on any atom is -0.326 e. The van der Waals surface area contributed by atoms with Gasteiger partial charge in [-0.3, -0.25) is 9.59 Å². The van der Waals surface area contributed by atoms with Crippen LogP contribution in [0.15, 0.2) is 18.2 Å². The van der Waals surface area contributed by atoms with Crippen LogP contribution in [-0.2, 0) is 9.59 Å². The Labute approximate surface area is 261 Å². The third kappa shape index (κ3) is 19.4. The van der Waals surface area contributed by atoms with Gasteiger partial charge in [-0.15, -0.1) is 0 Å². The van der Waals surface area contributed by atoms with Crippen LogP contribution < -0.4 is 10.6 Å². The van der Waals surface area contributed by atoms with Gasteiger partial charge in [-0.25, -0.2) is 0 Å². The van der Waals surface area contributed by atoms with Gasteiger partial charge in [0.05, 0.1) is 0 Å². The fraction of sp³-hybridized carbons (Fsp3) is 0.789. The predicted molar refractivity (Wildman–Crippen MR) is 183 cm³/mol. The summed E-state index contributed by atoms with van der Waals surface area (Å²) in [6.07, 6.45) is 28.3. The molecule has 4 heteroatoms. The Morgan fingerprint density at radius 3 is 1.12 bits per heavy atom. The molecule has 0 saturated carbocycles. The molecule has 2 N–H and O–H groups in total. The Balaban J connectivity index is 2.73. The molecular formula is C38H67N2O2. The second kappa shape index (κ2) is 26.8. The lowest BCUT2D eigenvalue weighted by molar-refractivity contribution is -0.121. The van der Waals surface area contributed by atoms with Gasteiger partial charge < -0.3 is 10.6 Å².